The molecule has 2 aromatic heterocycles. The molecule has 0 bridgehead atoms. The lowest BCUT2D eigenvalue weighted by atomic mass is 10.3. The maximum absolute atomic E-state index is 12.3. The van der Waals surface area contributed by atoms with E-state index in [4.69, 9.17) is 0 Å². The predicted molar refractivity (Wildman–Crippen MR) is 83.6 cm³/mol. The van der Waals surface area contributed by atoms with Crippen LogP contribution in [0.5, 0.6) is 0 Å². The Bertz CT molecular complexity index is 979. The number of carbonyl (C=O) groups excluding carboxylic acids is 3. The van der Waals surface area contributed by atoms with Crippen LogP contribution in [-0.2, 0) is 14.8 Å². The highest BCUT2D eigenvalue weighted by Crippen LogP contribution is 2.27. The van der Waals surface area contributed by atoms with Crippen LogP contribution in [0.1, 0.15) is 26.3 Å². The van der Waals surface area contributed by atoms with Crippen molar-refractivity contribution in [2.45, 2.75) is 17.4 Å². The second-order valence-electron chi connectivity index (χ2n) is 4.48. The van der Waals surface area contributed by atoms with E-state index in [-0.39, 0.29) is 16.5 Å². The fraction of sp³-hybridized carbons (Fsp3) is 0.182. The number of ketones is 1. The van der Waals surface area contributed by atoms with Crippen LogP contribution in [0.3, 0.4) is 0 Å². The third-order valence-corrected chi connectivity index (χ3v) is 6.08. The Hall–Kier alpha value is -2.39. The molecule has 2 heterocycles. The molecule has 26 heavy (non-hydrogen) atoms. The van der Waals surface area contributed by atoms with Gasteiger partial charge in [0.2, 0.25) is 11.0 Å². The predicted octanol–water partition coefficient (Wildman–Crippen LogP) is 1.42. The van der Waals surface area contributed by atoms with E-state index in [0.29, 0.717) is 11.3 Å². The minimum absolute atomic E-state index is 0.125. The van der Waals surface area contributed by atoms with Crippen molar-refractivity contribution >= 4 is 55.4 Å². The summed E-state index contributed by atoms with van der Waals surface area (Å²) in [5.41, 5.74) is 0. The lowest BCUT2D eigenvalue weighted by Gasteiger charge is -2.02. The van der Waals surface area contributed by atoms with Crippen LogP contribution in [0.25, 0.3) is 0 Å². The van der Waals surface area contributed by atoms with Crippen LogP contribution in [0.15, 0.2) is 16.5 Å². The number of alkyl halides is 3. The van der Waals surface area contributed by atoms with Gasteiger partial charge in [-0.3, -0.25) is 14.4 Å². The maximum atomic E-state index is 12.3. The molecule has 0 radical (unpaired) electrons. The highest BCUT2D eigenvalue weighted by Gasteiger charge is 2.40. The van der Waals surface area contributed by atoms with Crippen molar-refractivity contribution in [2.75, 3.05) is 5.32 Å². The van der Waals surface area contributed by atoms with E-state index in [9.17, 15) is 36.0 Å². The van der Waals surface area contributed by atoms with Gasteiger partial charge in [0.15, 0.2) is 0 Å². The number of thiophene rings is 1. The molecule has 9 nitrogen and oxygen atoms in total. The first-order chi connectivity index (χ1) is 11.9. The average molecular weight is 428 g/mol. The van der Waals surface area contributed by atoms with Gasteiger partial charge in [0.05, 0.1) is 9.75 Å². The summed E-state index contributed by atoms with van der Waals surface area (Å²) >= 11 is 0.652. The van der Waals surface area contributed by atoms with Gasteiger partial charge in [-0.15, -0.1) is 21.5 Å². The highest BCUT2D eigenvalue weighted by atomic mass is 32.2. The summed E-state index contributed by atoms with van der Waals surface area (Å²) in [5.74, 6) is -3.91. The van der Waals surface area contributed by atoms with Crippen molar-refractivity contribution in [1.29, 1.82) is 0 Å². The van der Waals surface area contributed by atoms with Gasteiger partial charge < -0.3 is 5.32 Å². The van der Waals surface area contributed by atoms with Gasteiger partial charge in [-0.25, -0.2) is 4.72 Å². The lowest BCUT2D eigenvalue weighted by Crippen LogP contribution is -2.30. The zero-order chi connectivity index (χ0) is 19.7. The van der Waals surface area contributed by atoms with Crippen molar-refractivity contribution < 1.29 is 36.0 Å². The fourth-order valence-corrected chi connectivity index (χ4v) is 4.30. The topological polar surface area (TPSA) is 135 Å². The molecule has 2 amide bonds. The quantitative estimate of drug-likeness (QED) is 0.543. The minimum atomic E-state index is -5.11. The summed E-state index contributed by atoms with van der Waals surface area (Å²) in [6.45, 7) is 1.16. The number of nitrogens with one attached hydrogen (secondary N) is 2. The van der Waals surface area contributed by atoms with Gasteiger partial charge in [0, 0.05) is 6.92 Å². The first-order valence-corrected chi connectivity index (χ1v) is 9.41. The molecule has 0 saturated heterocycles. The van der Waals surface area contributed by atoms with Crippen molar-refractivity contribution in [3.63, 3.8) is 0 Å². The summed E-state index contributed by atoms with van der Waals surface area (Å²) in [6, 6.07) is 1.65. The van der Waals surface area contributed by atoms with Gasteiger partial charge in [0.25, 0.3) is 26.1 Å². The van der Waals surface area contributed by atoms with Crippen molar-refractivity contribution in [2.24, 2.45) is 0 Å². The van der Waals surface area contributed by atoms with Gasteiger partial charge in [-0.1, -0.05) is 11.3 Å². The number of nitrogens with zero attached hydrogens (tertiary/aromatic N) is 2. The number of Topliss-reactive ketones (excluding diaryl/α,β-unsaturated/α-hetero) is 1. The first kappa shape index (κ1) is 19.9. The molecule has 0 aromatic carbocycles. The summed E-state index contributed by atoms with van der Waals surface area (Å²) in [6.07, 6.45) is -5.11. The molecular weight excluding hydrogens is 421 g/mol. The number of halogens is 3. The molecule has 140 valence electrons. The van der Waals surface area contributed by atoms with Crippen molar-refractivity contribution in [3.8, 4) is 0 Å². The molecule has 0 aliphatic rings. The number of rotatable bonds is 5. The third kappa shape index (κ3) is 4.61. The standard InChI is InChI=1S/C11H7F3N4O5S3/c1-4(19)15-9-16-17-10(25-9)26(22,23)18-8(21)6-3-2-5(24-6)7(20)11(12,13)14/h2-3H,1H3,(H,18,21)(H,15,16,19). The third-order valence-electron chi connectivity index (χ3n) is 2.46. The Labute approximate surface area is 151 Å². The van der Waals surface area contributed by atoms with Crippen LogP contribution in [-0.4, -0.2) is 42.4 Å². The maximum Gasteiger partial charge on any atom is 0.455 e. The summed E-state index contributed by atoms with van der Waals surface area (Å²) in [7, 11) is -4.47. The molecule has 0 unspecified atom stereocenters. The van der Waals surface area contributed by atoms with Gasteiger partial charge in [-0.05, 0) is 12.1 Å². The van der Waals surface area contributed by atoms with E-state index in [1.807, 2.05) is 0 Å². The van der Waals surface area contributed by atoms with E-state index in [1.54, 1.807) is 4.72 Å². The molecule has 2 rings (SSSR count). The molecule has 2 aromatic rings. The normalized spacial score (nSPS) is 11.8. The van der Waals surface area contributed by atoms with Gasteiger partial charge >= 0.3 is 6.18 Å². The molecule has 2 N–H and O–H groups in total. The summed E-state index contributed by atoms with van der Waals surface area (Å²) in [5, 5.41) is 8.77. The summed E-state index contributed by atoms with van der Waals surface area (Å²) < 4.78 is 62.1. The fourth-order valence-electron chi connectivity index (χ4n) is 1.46. The number of anilines is 1. The highest BCUT2D eigenvalue weighted by molar-refractivity contribution is 7.92. The van der Waals surface area contributed by atoms with Crippen LogP contribution >= 0.6 is 22.7 Å². The number of carbonyl (C=O) groups is 3. The second-order valence-corrected chi connectivity index (χ2v) is 8.40. The Morgan fingerprint density at radius 1 is 1.08 bits per heavy atom. The minimum Gasteiger partial charge on any atom is -0.301 e. The number of sulfonamides is 1. The monoisotopic (exact) mass is 428 g/mol. The van der Waals surface area contributed by atoms with Crippen LogP contribution in [0.4, 0.5) is 18.3 Å². The Kier molecular flexibility index (Phi) is 5.43. The van der Waals surface area contributed by atoms with Crippen LogP contribution < -0.4 is 10.0 Å². The zero-order valence-corrected chi connectivity index (χ0v) is 14.9. The van der Waals surface area contributed by atoms with E-state index < -0.39 is 47.9 Å². The van der Waals surface area contributed by atoms with Gasteiger partial charge in [-0.2, -0.15) is 21.6 Å². The van der Waals surface area contributed by atoms with E-state index in [0.717, 1.165) is 19.1 Å². The first-order valence-electron chi connectivity index (χ1n) is 6.30. The molecule has 0 aliphatic carbocycles. The molecular formula is C11H7F3N4O5S3. The lowest BCUT2D eigenvalue weighted by molar-refractivity contribution is -0.114. The van der Waals surface area contributed by atoms with Gasteiger partial charge in [0.1, 0.15) is 0 Å². The average Bonchev–Trinajstić information content (AvgIpc) is 3.13. The Morgan fingerprint density at radius 2 is 1.69 bits per heavy atom. The van der Waals surface area contributed by atoms with Crippen molar-refractivity contribution in [3.05, 3.63) is 21.9 Å². The van der Waals surface area contributed by atoms with E-state index >= 15 is 0 Å². The molecule has 0 fully saturated rings. The number of aromatic nitrogens is 2. The summed E-state index contributed by atoms with van der Waals surface area (Å²) in [4.78, 5) is 32.7. The molecule has 0 saturated carbocycles. The smallest absolute Gasteiger partial charge is 0.301 e. The Morgan fingerprint density at radius 3 is 2.27 bits per heavy atom. The van der Waals surface area contributed by atoms with E-state index in [1.165, 1.54) is 0 Å². The SMILES string of the molecule is CC(=O)Nc1nnc(S(=O)(=O)NC(=O)c2ccc(C(=O)C(F)(F)F)s2)s1. The largest absolute Gasteiger partial charge is 0.455 e. The molecule has 0 aliphatic heterocycles. The second kappa shape index (κ2) is 7.08. The van der Waals surface area contributed by atoms with Crippen molar-refractivity contribution in [1.82, 2.24) is 14.9 Å². The zero-order valence-electron chi connectivity index (χ0n) is 12.4. The van der Waals surface area contributed by atoms with Crippen LogP contribution in [0.2, 0.25) is 0 Å². The number of amides is 2. The molecule has 0 spiro atoms. The molecule has 15 heteroatoms. The number of hydrogen-bond acceptors (Lipinski definition) is 9. The van der Waals surface area contributed by atoms with Crippen LogP contribution in [0, 0.1) is 0 Å². The molecule has 0 atom stereocenters. The van der Waals surface area contributed by atoms with E-state index in [2.05, 4.69) is 15.5 Å². The number of hydrogen-bond donors (Lipinski definition) is 2. The Balaban J connectivity index is 2.16.